The third-order valence-electron chi connectivity index (χ3n) is 4.65. The number of benzene rings is 2. The summed E-state index contributed by atoms with van der Waals surface area (Å²) in [5, 5.41) is 1.29. The summed E-state index contributed by atoms with van der Waals surface area (Å²) in [7, 11) is 0. The summed E-state index contributed by atoms with van der Waals surface area (Å²) >= 11 is 0. The van der Waals surface area contributed by atoms with Gasteiger partial charge in [0.1, 0.15) is 11.6 Å². The monoisotopic (exact) mass is 475 g/mol. The first-order valence-corrected chi connectivity index (χ1v) is 12.0. The molecular formula is C28H40BN4O2. The molecule has 0 fully saturated rings. The first-order valence-electron chi connectivity index (χ1n) is 12.0. The molecule has 3 radical (unpaired) electrons. The zero-order valence-electron chi connectivity index (χ0n) is 22.9. The second-order valence-corrected chi connectivity index (χ2v) is 9.36. The van der Waals surface area contributed by atoms with Crippen LogP contribution in [0.3, 0.4) is 0 Å². The molecule has 0 saturated carbocycles. The number of para-hydroxylation sites is 2. The summed E-state index contributed by atoms with van der Waals surface area (Å²) in [6.45, 7) is 20.2. The number of fused-ring (bicyclic) bond motifs is 2. The van der Waals surface area contributed by atoms with Crippen LogP contribution in [0.4, 0.5) is 0 Å². The molecule has 0 aliphatic heterocycles. The van der Waals surface area contributed by atoms with Gasteiger partial charge in [-0.15, -0.1) is 0 Å². The van der Waals surface area contributed by atoms with Crippen LogP contribution in [-0.4, -0.2) is 28.3 Å². The summed E-state index contributed by atoms with van der Waals surface area (Å²) < 4.78 is 0. The maximum Gasteiger partial charge on any atom is 0.258 e. The SMILES string of the molecule is CC.CC.CC(C)(C)c1nc2ccccc2c(=O)[nH]1.CC(C)(C)c1nc2ccccc2c(=O)[nH]1.[B]. The Morgan fingerprint density at radius 1 is 0.571 bits per heavy atom. The van der Waals surface area contributed by atoms with E-state index in [4.69, 9.17) is 0 Å². The van der Waals surface area contributed by atoms with E-state index in [1.165, 1.54) is 0 Å². The number of nitrogens with one attached hydrogen (secondary N) is 2. The molecule has 0 amide bonds. The fourth-order valence-electron chi connectivity index (χ4n) is 2.88. The lowest BCUT2D eigenvalue weighted by Crippen LogP contribution is -2.21. The lowest BCUT2D eigenvalue weighted by atomic mass is 9.95. The number of rotatable bonds is 0. The van der Waals surface area contributed by atoms with Gasteiger partial charge in [-0.3, -0.25) is 9.59 Å². The van der Waals surface area contributed by atoms with E-state index in [2.05, 4.69) is 19.9 Å². The number of aromatic nitrogens is 4. The van der Waals surface area contributed by atoms with E-state index >= 15 is 0 Å². The van der Waals surface area contributed by atoms with Crippen molar-refractivity contribution in [3.8, 4) is 0 Å². The Kier molecular flexibility index (Phi) is 12.4. The van der Waals surface area contributed by atoms with E-state index in [1.807, 2.05) is 106 Å². The number of aromatic amines is 2. The molecule has 0 atom stereocenters. The van der Waals surface area contributed by atoms with Crippen molar-refractivity contribution in [2.75, 3.05) is 0 Å². The Bertz CT molecular complexity index is 1210. The summed E-state index contributed by atoms with van der Waals surface area (Å²) in [6, 6.07) is 14.8. The zero-order chi connectivity index (χ0) is 26.1. The first-order chi connectivity index (χ1) is 16.0. The van der Waals surface area contributed by atoms with Crippen molar-refractivity contribution in [2.24, 2.45) is 0 Å². The van der Waals surface area contributed by atoms with Crippen LogP contribution in [0, 0.1) is 0 Å². The van der Waals surface area contributed by atoms with Gasteiger partial charge in [0, 0.05) is 19.2 Å². The van der Waals surface area contributed by atoms with Crippen LogP contribution in [-0.2, 0) is 10.8 Å². The van der Waals surface area contributed by atoms with Gasteiger partial charge in [0.15, 0.2) is 0 Å². The van der Waals surface area contributed by atoms with Gasteiger partial charge < -0.3 is 9.97 Å². The van der Waals surface area contributed by atoms with E-state index in [0.717, 1.165) is 22.7 Å². The molecule has 6 nitrogen and oxygen atoms in total. The third-order valence-corrected chi connectivity index (χ3v) is 4.65. The van der Waals surface area contributed by atoms with Gasteiger partial charge in [0.2, 0.25) is 0 Å². The predicted octanol–water partition coefficient (Wildman–Crippen LogP) is 6.11. The van der Waals surface area contributed by atoms with E-state index in [1.54, 1.807) is 12.1 Å². The molecule has 7 heteroatoms. The molecule has 0 aliphatic rings. The second kappa shape index (κ2) is 13.6. The van der Waals surface area contributed by atoms with Gasteiger partial charge in [-0.05, 0) is 24.3 Å². The van der Waals surface area contributed by atoms with Crippen LogP contribution in [0.5, 0.6) is 0 Å². The Morgan fingerprint density at radius 2 is 0.857 bits per heavy atom. The fraction of sp³-hybridized carbons (Fsp3) is 0.429. The van der Waals surface area contributed by atoms with E-state index < -0.39 is 0 Å². The number of hydrogen-bond donors (Lipinski definition) is 2. The average molecular weight is 475 g/mol. The molecule has 0 unspecified atom stereocenters. The molecule has 0 saturated heterocycles. The Labute approximate surface area is 211 Å². The topological polar surface area (TPSA) is 91.5 Å². The Balaban J connectivity index is 0.000000565. The summed E-state index contributed by atoms with van der Waals surface area (Å²) in [6.07, 6.45) is 0. The summed E-state index contributed by atoms with van der Waals surface area (Å²) in [4.78, 5) is 38.1. The van der Waals surface area contributed by atoms with Crippen LogP contribution < -0.4 is 11.1 Å². The van der Waals surface area contributed by atoms with Crippen LogP contribution in [0.2, 0.25) is 0 Å². The highest BCUT2D eigenvalue weighted by molar-refractivity contribution is 5.77. The number of hydrogen-bond acceptors (Lipinski definition) is 4. The molecule has 4 rings (SSSR count). The van der Waals surface area contributed by atoms with Gasteiger partial charge in [0.05, 0.1) is 21.8 Å². The maximum atomic E-state index is 11.8. The molecule has 0 aliphatic carbocycles. The lowest BCUT2D eigenvalue weighted by molar-refractivity contribution is 0.546. The van der Waals surface area contributed by atoms with Gasteiger partial charge in [-0.2, -0.15) is 0 Å². The van der Waals surface area contributed by atoms with Crippen LogP contribution >= 0.6 is 0 Å². The van der Waals surface area contributed by atoms with E-state index in [0.29, 0.717) is 10.8 Å². The average Bonchev–Trinajstić information content (AvgIpc) is 2.81. The lowest BCUT2D eigenvalue weighted by Gasteiger charge is -2.17. The fourth-order valence-corrected chi connectivity index (χ4v) is 2.88. The molecule has 2 aromatic heterocycles. The summed E-state index contributed by atoms with van der Waals surface area (Å²) in [5.74, 6) is 1.46. The zero-order valence-corrected chi connectivity index (χ0v) is 22.9. The predicted molar refractivity (Wildman–Crippen MR) is 151 cm³/mol. The minimum atomic E-state index is -0.136. The molecule has 35 heavy (non-hydrogen) atoms. The van der Waals surface area contributed by atoms with Gasteiger partial charge in [-0.1, -0.05) is 93.5 Å². The van der Waals surface area contributed by atoms with Crippen molar-refractivity contribution in [1.29, 1.82) is 0 Å². The minimum absolute atomic E-state index is 0. The van der Waals surface area contributed by atoms with Gasteiger partial charge in [0.25, 0.3) is 11.1 Å². The molecular weight excluding hydrogens is 435 g/mol. The van der Waals surface area contributed by atoms with Crippen molar-refractivity contribution in [2.45, 2.75) is 80.1 Å². The Morgan fingerprint density at radius 3 is 1.14 bits per heavy atom. The highest BCUT2D eigenvalue weighted by Crippen LogP contribution is 2.19. The van der Waals surface area contributed by atoms with Crippen molar-refractivity contribution < 1.29 is 0 Å². The molecule has 2 aromatic carbocycles. The summed E-state index contributed by atoms with van der Waals surface area (Å²) in [5.41, 5.74) is 1.11. The number of H-pyrrole nitrogens is 2. The maximum absolute atomic E-state index is 11.8. The first kappa shape index (κ1) is 31.8. The van der Waals surface area contributed by atoms with Gasteiger partial charge >= 0.3 is 0 Å². The molecule has 2 N–H and O–H groups in total. The quantitative estimate of drug-likeness (QED) is 0.300. The molecule has 0 spiro atoms. The standard InChI is InChI=1S/2C12H14N2O.2C2H6.B/c2*1-12(2,3)11-13-9-7-5-4-6-8(9)10(15)14-11;2*1-2;/h2*4-7H,1-3H3,(H,13,14,15);2*1-2H3;. The smallest absolute Gasteiger partial charge is 0.258 e. The van der Waals surface area contributed by atoms with Crippen molar-refractivity contribution in [1.82, 2.24) is 19.9 Å². The van der Waals surface area contributed by atoms with Crippen molar-refractivity contribution in [3.05, 3.63) is 80.9 Å². The largest absolute Gasteiger partial charge is 0.310 e. The molecule has 0 bridgehead atoms. The van der Waals surface area contributed by atoms with E-state index in [9.17, 15) is 9.59 Å². The Hall–Kier alpha value is -3.22. The second-order valence-electron chi connectivity index (χ2n) is 9.36. The van der Waals surface area contributed by atoms with Crippen LogP contribution in [0.15, 0.2) is 58.1 Å². The molecule has 4 aromatic rings. The third kappa shape index (κ3) is 8.50. The minimum Gasteiger partial charge on any atom is -0.310 e. The van der Waals surface area contributed by atoms with Crippen molar-refractivity contribution >= 4 is 30.2 Å². The van der Waals surface area contributed by atoms with Crippen LogP contribution in [0.25, 0.3) is 21.8 Å². The van der Waals surface area contributed by atoms with E-state index in [-0.39, 0.29) is 30.4 Å². The number of nitrogens with zero attached hydrogens (tertiary/aromatic N) is 2. The van der Waals surface area contributed by atoms with Gasteiger partial charge in [-0.25, -0.2) is 9.97 Å². The molecule has 2 heterocycles. The highest BCUT2D eigenvalue weighted by atomic mass is 16.1. The normalized spacial score (nSPS) is 10.6. The van der Waals surface area contributed by atoms with Crippen LogP contribution in [0.1, 0.15) is 80.9 Å². The molecule has 187 valence electrons. The highest BCUT2D eigenvalue weighted by Gasteiger charge is 2.18. The van der Waals surface area contributed by atoms with Crippen molar-refractivity contribution in [3.63, 3.8) is 0 Å².